The number of hydrogen-bond acceptors (Lipinski definition) is 4. The smallest absolute Gasteiger partial charge is 0.339 e. The number of methoxy groups -OCH3 is 1. The molecule has 1 amide bonds. The first-order valence-electron chi connectivity index (χ1n) is 10.2. The normalized spacial score (nSPS) is 12.0. The van der Waals surface area contributed by atoms with Gasteiger partial charge in [-0.25, -0.2) is 4.79 Å². The minimum Gasteiger partial charge on any atom is -0.465 e. The van der Waals surface area contributed by atoms with Crippen molar-refractivity contribution in [2.24, 2.45) is 0 Å². The fraction of sp³-hybridized carbons (Fsp3) is 0.192. The van der Waals surface area contributed by atoms with Gasteiger partial charge in [-0.15, -0.1) is 0 Å². The van der Waals surface area contributed by atoms with Crippen LogP contribution in [0.15, 0.2) is 66.2 Å². The van der Waals surface area contributed by atoms with Gasteiger partial charge in [0.15, 0.2) is 0 Å². The van der Waals surface area contributed by atoms with E-state index in [1.807, 2.05) is 79.9 Å². The van der Waals surface area contributed by atoms with Gasteiger partial charge < -0.3 is 14.6 Å². The Morgan fingerprint density at radius 2 is 1.75 bits per heavy atom. The lowest BCUT2D eigenvalue weighted by Crippen LogP contribution is -2.27. The minimum absolute atomic E-state index is 0.00860. The van der Waals surface area contributed by atoms with Crippen molar-refractivity contribution in [2.75, 3.05) is 7.11 Å². The Morgan fingerprint density at radius 1 is 1.09 bits per heavy atom. The quantitative estimate of drug-likeness (QED) is 0.352. The van der Waals surface area contributed by atoms with Crippen molar-refractivity contribution < 1.29 is 14.3 Å². The molecule has 3 rings (SSSR count). The van der Waals surface area contributed by atoms with Gasteiger partial charge >= 0.3 is 5.97 Å². The first-order chi connectivity index (χ1) is 15.4. The van der Waals surface area contributed by atoms with Gasteiger partial charge in [0.25, 0.3) is 5.91 Å². The number of esters is 1. The Bertz CT molecular complexity index is 1220. The zero-order chi connectivity index (χ0) is 23.3. The molecule has 1 heterocycles. The molecule has 162 valence electrons. The van der Waals surface area contributed by atoms with Crippen LogP contribution in [-0.4, -0.2) is 23.6 Å². The van der Waals surface area contributed by atoms with Gasteiger partial charge in [0.2, 0.25) is 0 Å². The van der Waals surface area contributed by atoms with Gasteiger partial charge in [-0.05, 0) is 56.2 Å². The van der Waals surface area contributed by atoms with E-state index in [4.69, 9.17) is 4.74 Å². The molecule has 3 aromatic rings. The van der Waals surface area contributed by atoms with Gasteiger partial charge in [-0.3, -0.25) is 4.79 Å². The highest BCUT2D eigenvalue weighted by atomic mass is 16.5. The maximum Gasteiger partial charge on any atom is 0.339 e. The van der Waals surface area contributed by atoms with E-state index in [0.29, 0.717) is 11.3 Å². The number of benzene rings is 2. The summed E-state index contributed by atoms with van der Waals surface area (Å²) in [4.78, 5) is 25.0. The number of hydrogen-bond donors (Lipinski definition) is 1. The van der Waals surface area contributed by atoms with Crippen molar-refractivity contribution in [3.05, 3.63) is 94.3 Å². The molecule has 32 heavy (non-hydrogen) atoms. The number of aromatic nitrogens is 1. The first kappa shape index (κ1) is 22.6. The average molecular weight is 428 g/mol. The summed E-state index contributed by atoms with van der Waals surface area (Å²) in [5.74, 6) is -0.874. The number of nitriles is 1. The van der Waals surface area contributed by atoms with E-state index in [2.05, 4.69) is 5.32 Å². The molecule has 0 radical (unpaired) electrons. The van der Waals surface area contributed by atoms with Crippen molar-refractivity contribution in [1.82, 2.24) is 9.88 Å². The number of carbonyl (C=O) groups excluding carboxylic acids is 2. The number of nitrogens with zero attached hydrogens (tertiary/aromatic N) is 2. The van der Waals surface area contributed by atoms with Crippen LogP contribution in [0.5, 0.6) is 0 Å². The molecular weight excluding hydrogens is 402 g/mol. The largest absolute Gasteiger partial charge is 0.465 e. The second-order valence-electron chi connectivity index (χ2n) is 7.45. The van der Waals surface area contributed by atoms with E-state index in [1.54, 1.807) is 18.2 Å². The minimum atomic E-state index is -0.441. The summed E-state index contributed by atoms with van der Waals surface area (Å²) >= 11 is 0. The van der Waals surface area contributed by atoms with E-state index in [1.165, 1.54) is 7.11 Å². The molecule has 6 nitrogen and oxygen atoms in total. The molecule has 0 aliphatic carbocycles. The highest BCUT2D eigenvalue weighted by Crippen LogP contribution is 2.26. The summed E-state index contributed by atoms with van der Waals surface area (Å²) in [5.41, 5.74) is 4.46. The van der Waals surface area contributed by atoms with Crippen LogP contribution < -0.4 is 5.32 Å². The van der Waals surface area contributed by atoms with E-state index >= 15 is 0 Å². The van der Waals surface area contributed by atoms with E-state index in [0.717, 1.165) is 22.5 Å². The zero-order valence-corrected chi connectivity index (χ0v) is 18.5. The van der Waals surface area contributed by atoms with E-state index in [-0.39, 0.29) is 11.6 Å². The summed E-state index contributed by atoms with van der Waals surface area (Å²) in [6, 6.07) is 20.4. The molecule has 0 aliphatic heterocycles. The summed E-state index contributed by atoms with van der Waals surface area (Å²) < 4.78 is 6.83. The summed E-state index contributed by atoms with van der Waals surface area (Å²) in [7, 11) is 1.34. The number of aryl methyl sites for hydroxylation is 1. The molecule has 0 aliphatic rings. The van der Waals surface area contributed by atoms with Crippen LogP contribution in [0.1, 0.15) is 45.8 Å². The highest BCUT2D eigenvalue weighted by Gasteiger charge is 2.19. The SMILES string of the molecule is COC(=O)c1ccccc1-n1c(C)cc(/C=C(/C#N)C(=O)N[C@@H](C)c2ccccc2)c1C. The first-order valence-corrected chi connectivity index (χ1v) is 10.2. The van der Waals surface area contributed by atoms with Crippen molar-refractivity contribution in [1.29, 1.82) is 5.26 Å². The van der Waals surface area contributed by atoms with Crippen LogP contribution in [0.4, 0.5) is 0 Å². The Morgan fingerprint density at radius 3 is 2.41 bits per heavy atom. The molecule has 1 atom stereocenters. The lowest BCUT2D eigenvalue weighted by atomic mass is 10.1. The van der Waals surface area contributed by atoms with E-state index in [9.17, 15) is 14.9 Å². The molecule has 0 saturated carbocycles. The standard InChI is InChI=1S/C26H25N3O3/c1-17-14-21(19(3)29(17)24-13-9-8-12-23(24)26(31)32-4)15-22(16-27)25(30)28-18(2)20-10-6-5-7-11-20/h5-15,18H,1-4H3,(H,28,30)/b22-15-/t18-/m0/s1. The molecule has 0 spiro atoms. The van der Waals surface area contributed by atoms with Crippen LogP contribution in [-0.2, 0) is 9.53 Å². The van der Waals surface area contributed by atoms with Crippen LogP contribution in [0.2, 0.25) is 0 Å². The molecule has 0 saturated heterocycles. The third-order valence-corrected chi connectivity index (χ3v) is 5.33. The fourth-order valence-electron chi connectivity index (χ4n) is 3.66. The Hall–Kier alpha value is -4.11. The second kappa shape index (κ2) is 9.80. The number of rotatable bonds is 6. The van der Waals surface area contributed by atoms with Gasteiger partial charge in [0, 0.05) is 11.4 Å². The number of ether oxygens (including phenoxy) is 1. The predicted octanol–water partition coefficient (Wildman–Crippen LogP) is 4.67. The molecule has 1 N–H and O–H groups in total. The van der Waals surface area contributed by atoms with Gasteiger partial charge in [0.1, 0.15) is 11.6 Å². The lowest BCUT2D eigenvalue weighted by Gasteiger charge is -2.14. The van der Waals surface area contributed by atoms with Gasteiger partial charge in [0.05, 0.1) is 24.4 Å². The van der Waals surface area contributed by atoms with Gasteiger partial charge in [-0.2, -0.15) is 5.26 Å². The monoisotopic (exact) mass is 427 g/mol. The molecular formula is C26H25N3O3. The molecule has 2 aromatic carbocycles. The highest BCUT2D eigenvalue weighted by molar-refractivity contribution is 6.02. The van der Waals surface area contributed by atoms with Crippen molar-refractivity contribution >= 4 is 18.0 Å². The Kier molecular flexibility index (Phi) is 6.91. The summed E-state index contributed by atoms with van der Waals surface area (Å²) in [5, 5.41) is 12.5. The maximum atomic E-state index is 12.7. The average Bonchev–Trinajstić information content (AvgIpc) is 3.09. The number of carbonyl (C=O) groups is 2. The fourth-order valence-corrected chi connectivity index (χ4v) is 3.66. The third kappa shape index (κ3) is 4.62. The van der Waals surface area contributed by atoms with Gasteiger partial charge in [-0.1, -0.05) is 42.5 Å². The number of nitrogens with one attached hydrogen (secondary N) is 1. The van der Waals surface area contributed by atoms with Crippen molar-refractivity contribution in [3.63, 3.8) is 0 Å². The molecule has 0 unspecified atom stereocenters. The Labute approximate surface area is 187 Å². The van der Waals surface area contributed by atoms with Crippen molar-refractivity contribution in [2.45, 2.75) is 26.8 Å². The van der Waals surface area contributed by atoms with Crippen LogP contribution in [0.25, 0.3) is 11.8 Å². The maximum absolute atomic E-state index is 12.7. The molecule has 0 fully saturated rings. The van der Waals surface area contributed by atoms with Crippen LogP contribution >= 0.6 is 0 Å². The van der Waals surface area contributed by atoms with Crippen LogP contribution in [0, 0.1) is 25.2 Å². The molecule has 6 heteroatoms. The second-order valence-corrected chi connectivity index (χ2v) is 7.45. The third-order valence-electron chi connectivity index (χ3n) is 5.33. The summed E-state index contributed by atoms with van der Waals surface area (Å²) in [6.45, 7) is 5.66. The molecule has 1 aromatic heterocycles. The zero-order valence-electron chi connectivity index (χ0n) is 18.5. The predicted molar refractivity (Wildman–Crippen MR) is 123 cm³/mol. The van der Waals surface area contributed by atoms with E-state index < -0.39 is 11.9 Å². The lowest BCUT2D eigenvalue weighted by molar-refractivity contribution is -0.117. The van der Waals surface area contributed by atoms with Crippen molar-refractivity contribution in [3.8, 4) is 11.8 Å². The Balaban J connectivity index is 1.95. The topological polar surface area (TPSA) is 84.1 Å². The van der Waals surface area contributed by atoms with Crippen LogP contribution in [0.3, 0.4) is 0 Å². The number of amides is 1. The molecule has 0 bridgehead atoms. The number of para-hydroxylation sites is 1. The summed E-state index contributed by atoms with van der Waals surface area (Å²) in [6.07, 6.45) is 1.58.